The number of rotatable bonds is 5. The molecule has 2 aliphatic heterocycles. The summed E-state index contributed by atoms with van der Waals surface area (Å²) in [5.74, 6) is 2.47. The van der Waals surface area contributed by atoms with Gasteiger partial charge in [0.15, 0.2) is 0 Å². The van der Waals surface area contributed by atoms with Gasteiger partial charge in [-0.2, -0.15) is 0 Å². The Labute approximate surface area is 165 Å². The van der Waals surface area contributed by atoms with Crippen molar-refractivity contribution in [3.05, 3.63) is 35.2 Å². The number of hydrogen-bond acceptors (Lipinski definition) is 4. The van der Waals surface area contributed by atoms with Crippen molar-refractivity contribution in [2.24, 2.45) is 17.8 Å². The van der Waals surface area contributed by atoms with E-state index in [0.29, 0.717) is 6.04 Å². The maximum atomic E-state index is 13.1. The zero-order chi connectivity index (χ0) is 18.2. The lowest BCUT2D eigenvalue weighted by molar-refractivity contribution is 0.0913. The van der Waals surface area contributed by atoms with Crippen molar-refractivity contribution >= 4 is 27.3 Å². The van der Waals surface area contributed by atoms with Gasteiger partial charge in [-0.1, -0.05) is 18.2 Å². The highest BCUT2D eigenvalue weighted by atomic mass is 32.1. The molecule has 3 unspecified atom stereocenters. The van der Waals surface area contributed by atoms with Gasteiger partial charge in [-0.3, -0.25) is 4.79 Å². The molecule has 1 aliphatic carbocycles. The molecule has 0 radical (unpaired) electrons. The summed E-state index contributed by atoms with van der Waals surface area (Å²) in [6, 6.07) is 11.0. The van der Waals surface area contributed by atoms with E-state index in [1.807, 2.05) is 18.2 Å². The first-order valence-corrected chi connectivity index (χ1v) is 11.3. The quantitative estimate of drug-likeness (QED) is 0.742. The molecular weight excluding hydrogens is 354 g/mol. The van der Waals surface area contributed by atoms with E-state index in [1.54, 1.807) is 11.3 Å². The SMILES string of the molecule is O=C(NC(CC1C2CCC1CNC2)[C@@H]1CCCN1)c1cc2ccccc2s1. The standard InChI is InChI=1S/C22H29N3OS/c26-22(21-10-14-4-1-2-6-20(14)27-21)25-19(18-5-3-9-24-18)11-17-15-7-8-16(17)13-23-12-15/h1-2,4,6,10,15-19,23-24H,3,5,7-9,11-13H2,(H,25,26)/t15?,16?,17?,18-,19?/m0/s1. The van der Waals surface area contributed by atoms with Gasteiger partial charge < -0.3 is 16.0 Å². The van der Waals surface area contributed by atoms with Gasteiger partial charge in [0, 0.05) is 16.8 Å². The molecule has 3 N–H and O–H groups in total. The monoisotopic (exact) mass is 383 g/mol. The van der Waals surface area contributed by atoms with E-state index in [-0.39, 0.29) is 11.9 Å². The molecule has 1 saturated carbocycles. The van der Waals surface area contributed by atoms with E-state index in [0.717, 1.165) is 48.7 Å². The third-order valence-corrected chi connectivity index (χ3v) is 8.12. The molecule has 3 heterocycles. The lowest BCUT2D eigenvalue weighted by atomic mass is 9.80. The van der Waals surface area contributed by atoms with Gasteiger partial charge in [0.2, 0.25) is 0 Å². The third-order valence-electron chi connectivity index (χ3n) is 7.01. The summed E-state index contributed by atoms with van der Waals surface area (Å²) in [7, 11) is 0. The van der Waals surface area contributed by atoms with Crippen molar-refractivity contribution in [1.82, 2.24) is 16.0 Å². The van der Waals surface area contributed by atoms with E-state index >= 15 is 0 Å². The van der Waals surface area contributed by atoms with Gasteiger partial charge in [0.25, 0.3) is 5.91 Å². The smallest absolute Gasteiger partial charge is 0.261 e. The minimum absolute atomic E-state index is 0.108. The number of thiophene rings is 1. The Morgan fingerprint density at radius 1 is 1.19 bits per heavy atom. The Hall–Kier alpha value is -1.43. The van der Waals surface area contributed by atoms with Crippen molar-refractivity contribution in [3.63, 3.8) is 0 Å². The van der Waals surface area contributed by atoms with Crippen molar-refractivity contribution in [1.29, 1.82) is 0 Å². The molecule has 144 valence electrons. The Bertz CT molecular complexity index is 764. The second-order valence-corrected chi connectivity index (χ2v) is 9.67. The molecule has 5 rings (SSSR count). The molecule has 0 spiro atoms. The number of amides is 1. The average molecular weight is 384 g/mol. The first-order valence-electron chi connectivity index (χ1n) is 10.5. The highest BCUT2D eigenvalue weighted by Gasteiger charge is 2.41. The molecule has 4 nitrogen and oxygen atoms in total. The van der Waals surface area contributed by atoms with Crippen LogP contribution in [0, 0.1) is 17.8 Å². The molecule has 4 atom stereocenters. The summed E-state index contributed by atoms with van der Waals surface area (Å²) in [6.07, 6.45) is 6.25. The molecule has 3 fully saturated rings. The zero-order valence-corrected chi connectivity index (χ0v) is 16.6. The second-order valence-electron chi connectivity index (χ2n) is 8.59. The van der Waals surface area contributed by atoms with Crippen LogP contribution < -0.4 is 16.0 Å². The van der Waals surface area contributed by atoms with Gasteiger partial charge in [0.1, 0.15) is 0 Å². The molecule has 1 amide bonds. The van der Waals surface area contributed by atoms with Gasteiger partial charge in [-0.25, -0.2) is 0 Å². The maximum Gasteiger partial charge on any atom is 0.261 e. The van der Waals surface area contributed by atoms with Crippen LogP contribution >= 0.6 is 11.3 Å². The van der Waals surface area contributed by atoms with Crippen LogP contribution in [0.25, 0.3) is 10.1 Å². The number of piperidine rings is 1. The van der Waals surface area contributed by atoms with Gasteiger partial charge in [-0.05, 0) is 87.0 Å². The predicted octanol–water partition coefficient (Wildman–Crippen LogP) is 3.39. The van der Waals surface area contributed by atoms with E-state index in [1.165, 1.54) is 35.8 Å². The summed E-state index contributed by atoms with van der Waals surface area (Å²) in [6.45, 7) is 3.41. The molecule has 1 aromatic carbocycles. The number of hydrogen-bond donors (Lipinski definition) is 3. The molecule has 2 aromatic rings. The largest absolute Gasteiger partial charge is 0.347 e. The Morgan fingerprint density at radius 3 is 2.74 bits per heavy atom. The molecule has 5 heteroatoms. The summed E-state index contributed by atoms with van der Waals surface area (Å²) in [5.41, 5.74) is 0. The van der Waals surface area contributed by atoms with Crippen LogP contribution in [0.5, 0.6) is 0 Å². The number of benzene rings is 1. The number of fused-ring (bicyclic) bond motifs is 3. The summed E-state index contributed by atoms with van der Waals surface area (Å²) < 4.78 is 1.19. The summed E-state index contributed by atoms with van der Waals surface area (Å²) >= 11 is 1.61. The van der Waals surface area contributed by atoms with Crippen molar-refractivity contribution < 1.29 is 4.79 Å². The molecule has 2 saturated heterocycles. The molecule has 27 heavy (non-hydrogen) atoms. The van der Waals surface area contributed by atoms with E-state index in [9.17, 15) is 4.79 Å². The third kappa shape index (κ3) is 3.53. The van der Waals surface area contributed by atoms with Crippen LogP contribution in [0.15, 0.2) is 30.3 Å². The van der Waals surface area contributed by atoms with Crippen LogP contribution in [-0.2, 0) is 0 Å². The van der Waals surface area contributed by atoms with Gasteiger partial charge in [0.05, 0.1) is 4.88 Å². The molecule has 2 bridgehead atoms. The lowest BCUT2D eigenvalue weighted by Crippen LogP contribution is -2.50. The molecular formula is C22H29N3OS. The van der Waals surface area contributed by atoms with Crippen LogP contribution in [0.4, 0.5) is 0 Å². The minimum Gasteiger partial charge on any atom is -0.347 e. The second kappa shape index (κ2) is 7.53. The maximum absolute atomic E-state index is 13.1. The molecule has 1 aromatic heterocycles. The number of carbonyl (C=O) groups is 1. The van der Waals surface area contributed by atoms with Gasteiger partial charge >= 0.3 is 0 Å². The van der Waals surface area contributed by atoms with Crippen molar-refractivity contribution in [2.75, 3.05) is 19.6 Å². The van der Waals surface area contributed by atoms with E-state index < -0.39 is 0 Å². The first kappa shape index (κ1) is 17.7. The fourth-order valence-electron chi connectivity index (χ4n) is 5.59. The van der Waals surface area contributed by atoms with Crippen molar-refractivity contribution in [3.8, 4) is 0 Å². The normalized spacial score (nSPS) is 31.3. The highest BCUT2D eigenvalue weighted by Crippen LogP contribution is 2.42. The van der Waals surface area contributed by atoms with Crippen molar-refractivity contribution in [2.45, 2.75) is 44.2 Å². The summed E-state index contributed by atoms with van der Waals surface area (Å²) in [4.78, 5) is 13.9. The predicted molar refractivity (Wildman–Crippen MR) is 111 cm³/mol. The fourth-order valence-corrected chi connectivity index (χ4v) is 6.56. The average Bonchev–Trinajstić information content (AvgIpc) is 3.39. The first-order chi connectivity index (χ1) is 13.3. The number of carbonyl (C=O) groups excluding carboxylic acids is 1. The van der Waals surface area contributed by atoms with E-state index in [2.05, 4.69) is 28.1 Å². The van der Waals surface area contributed by atoms with Crippen LogP contribution in [0.2, 0.25) is 0 Å². The minimum atomic E-state index is 0.108. The zero-order valence-electron chi connectivity index (χ0n) is 15.7. The Kier molecular flexibility index (Phi) is 4.92. The fraction of sp³-hybridized carbons (Fsp3) is 0.591. The number of nitrogens with one attached hydrogen (secondary N) is 3. The lowest BCUT2D eigenvalue weighted by Gasteiger charge is -2.35. The van der Waals surface area contributed by atoms with Gasteiger partial charge in [-0.15, -0.1) is 11.3 Å². The van der Waals surface area contributed by atoms with Crippen LogP contribution in [0.1, 0.15) is 41.8 Å². The van der Waals surface area contributed by atoms with Crippen LogP contribution in [-0.4, -0.2) is 37.6 Å². The summed E-state index contributed by atoms with van der Waals surface area (Å²) in [5, 5.41) is 11.9. The van der Waals surface area contributed by atoms with E-state index in [4.69, 9.17) is 0 Å². The Balaban J connectivity index is 1.33. The molecule has 3 aliphatic rings. The topological polar surface area (TPSA) is 53.2 Å². The Morgan fingerprint density at radius 2 is 2.00 bits per heavy atom. The highest BCUT2D eigenvalue weighted by molar-refractivity contribution is 7.20. The van der Waals surface area contributed by atoms with Crippen LogP contribution in [0.3, 0.4) is 0 Å².